The van der Waals surface area contributed by atoms with Gasteiger partial charge in [-0.25, -0.2) is 0 Å². The van der Waals surface area contributed by atoms with Crippen LogP contribution in [-0.4, -0.2) is 19.3 Å². The quantitative estimate of drug-likeness (QED) is 0.577. The van der Waals surface area contributed by atoms with Crippen molar-refractivity contribution < 1.29 is 9.47 Å². The van der Waals surface area contributed by atoms with E-state index in [-0.39, 0.29) is 6.10 Å². The van der Waals surface area contributed by atoms with Crippen molar-refractivity contribution >= 4 is 0 Å². The van der Waals surface area contributed by atoms with Crippen LogP contribution in [0.5, 0.6) is 11.5 Å². The molecule has 1 unspecified atom stereocenters. The zero-order chi connectivity index (χ0) is 17.1. The fraction of sp³-hybridized carbons (Fsp3) is 0.700. The molecule has 3 nitrogen and oxygen atoms in total. The summed E-state index contributed by atoms with van der Waals surface area (Å²) < 4.78 is 11.9. The van der Waals surface area contributed by atoms with E-state index in [0.29, 0.717) is 12.0 Å². The molecule has 0 aromatic heterocycles. The van der Waals surface area contributed by atoms with Gasteiger partial charge in [-0.15, -0.1) is 0 Å². The summed E-state index contributed by atoms with van der Waals surface area (Å²) >= 11 is 0. The predicted octanol–water partition coefficient (Wildman–Crippen LogP) is 5.18. The van der Waals surface area contributed by atoms with Crippen LogP contribution in [0.2, 0.25) is 0 Å². The number of benzene rings is 1. The highest BCUT2D eigenvalue weighted by molar-refractivity contribution is 5.33. The van der Waals surface area contributed by atoms with Gasteiger partial charge in [-0.3, -0.25) is 0 Å². The van der Waals surface area contributed by atoms with Gasteiger partial charge in [0.1, 0.15) is 17.6 Å². The van der Waals surface area contributed by atoms with Crippen molar-refractivity contribution in [2.75, 3.05) is 13.2 Å². The molecule has 1 atom stereocenters. The molecular weight excluding hydrogens is 286 g/mol. The molecule has 0 fully saturated rings. The Balaban J connectivity index is 2.74. The second-order valence-electron chi connectivity index (χ2n) is 6.68. The van der Waals surface area contributed by atoms with Gasteiger partial charge >= 0.3 is 0 Å². The molecule has 0 saturated heterocycles. The van der Waals surface area contributed by atoms with Gasteiger partial charge in [0.05, 0.1) is 6.61 Å². The maximum Gasteiger partial charge on any atom is 0.123 e. The maximum atomic E-state index is 6.17. The minimum atomic E-state index is 0.0182. The molecule has 23 heavy (non-hydrogen) atoms. The van der Waals surface area contributed by atoms with Crippen LogP contribution in [0.4, 0.5) is 0 Å². The summed E-state index contributed by atoms with van der Waals surface area (Å²) in [5.74, 6) is 1.71. The van der Waals surface area contributed by atoms with Crippen molar-refractivity contribution in [1.82, 2.24) is 0 Å². The van der Waals surface area contributed by atoms with Crippen molar-refractivity contribution in [3.63, 3.8) is 0 Å². The summed E-state index contributed by atoms with van der Waals surface area (Å²) in [5.41, 5.74) is 5.92. The molecule has 1 aromatic rings. The third-order valence-corrected chi connectivity index (χ3v) is 4.36. The first kappa shape index (κ1) is 19.8. The maximum absolute atomic E-state index is 6.17. The SMILES string of the molecule is CCCC(CCC)(CCC)COc1cccc(OC(C)CN)c1. The minimum absolute atomic E-state index is 0.0182. The molecule has 132 valence electrons. The van der Waals surface area contributed by atoms with Gasteiger partial charge < -0.3 is 15.2 Å². The molecule has 2 N–H and O–H groups in total. The predicted molar refractivity (Wildman–Crippen MR) is 98.2 cm³/mol. The molecule has 0 bridgehead atoms. The zero-order valence-corrected chi connectivity index (χ0v) is 15.4. The van der Waals surface area contributed by atoms with Crippen LogP contribution >= 0.6 is 0 Å². The minimum Gasteiger partial charge on any atom is -0.493 e. The largest absolute Gasteiger partial charge is 0.493 e. The second kappa shape index (κ2) is 10.5. The average molecular weight is 322 g/mol. The summed E-state index contributed by atoms with van der Waals surface area (Å²) in [6, 6.07) is 7.92. The molecule has 0 aliphatic rings. The second-order valence-corrected chi connectivity index (χ2v) is 6.68. The topological polar surface area (TPSA) is 44.5 Å². The number of hydrogen-bond acceptors (Lipinski definition) is 3. The Morgan fingerprint density at radius 2 is 1.57 bits per heavy atom. The van der Waals surface area contributed by atoms with E-state index < -0.39 is 0 Å². The van der Waals surface area contributed by atoms with Gasteiger partial charge in [0.2, 0.25) is 0 Å². The number of ether oxygens (including phenoxy) is 2. The Bertz CT molecular complexity index is 416. The van der Waals surface area contributed by atoms with Crippen LogP contribution in [0.15, 0.2) is 24.3 Å². The van der Waals surface area contributed by atoms with Crippen molar-refractivity contribution in [2.24, 2.45) is 11.1 Å². The van der Waals surface area contributed by atoms with Crippen LogP contribution in [0.25, 0.3) is 0 Å². The smallest absolute Gasteiger partial charge is 0.123 e. The molecule has 0 spiro atoms. The summed E-state index contributed by atoms with van der Waals surface area (Å²) in [4.78, 5) is 0. The lowest BCUT2D eigenvalue weighted by Gasteiger charge is -2.33. The van der Waals surface area contributed by atoms with Crippen LogP contribution in [0.1, 0.15) is 66.2 Å². The van der Waals surface area contributed by atoms with E-state index in [4.69, 9.17) is 15.2 Å². The highest BCUT2D eigenvalue weighted by Crippen LogP contribution is 2.36. The van der Waals surface area contributed by atoms with Crippen molar-refractivity contribution in [3.8, 4) is 11.5 Å². The number of nitrogens with two attached hydrogens (primary N) is 1. The van der Waals surface area contributed by atoms with E-state index in [0.717, 1.165) is 18.1 Å². The molecular formula is C20H35NO2. The highest BCUT2D eigenvalue weighted by Gasteiger charge is 2.28. The molecule has 1 aromatic carbocycles. The van der Waals surface area contributed by atoms with E-state index >= 15 is 0 Å². The first-order valence-electron chi connectivity index (χ1n) is 9.18. The Hall–Kier alpha value is -1.22. The Morgan fingerprint density at radius 1 is 1.00 bits per heavy atom. The van der Waals surface area contributed by atoms with E-state index in [1.54, 1.807) is 0 Å². The normalized spacial score (nSPS) is 12.9. The molecule has 0 heterocycles. The third kappa shape index (κ3) is 6.82. The lowest BCUT2D eigenvalue weighted by molar-refractivity contribution is 0.107. The molecule has 0 aliphatic heterocycles. The van der Waals surface area contributed by atoms with Gasteiger partial charge in [-0.1, -0.05) is 46.1 Å². The Morgan fingerprint density at radius 3 is 2.09 bits per heavy atom. The van der Waals surface area contributed by atoms with E-state index in [1.165, 1.54) is 38.5 Å². The van der Waals surface area contributed by atoms with Gasteiger partial charge in [0.25, 0.3) is 0 Å². The van der Waals surface area contributed by atoms with Crippen LogP contribution in [0.3, 0.4) is 0 Å². The van der Waals surface area contributed by atoms with Gasteiger partial charge in [0.15, 0.2) is 0 Å². The van der Waals surface area contributed by atoms with Crippen molar-refractivity contribution in [3.05, 3.63) is 24.3 Å². The first-order valence-corrected chi connectivity index (χ1v) is 9.18. The zero-order valence-electron chi connectivity index (χ0n) is 15.4. The monoisotopic (exact) mass is 321 g/mol. The highest BCUT2D eigenvalue weighted by atomic mass is 16.5. The summed E-state index contributed by atoms with van der Waals surface area (Å²) in [7, 11) is 0. The molecule has 3 heteroatoms. The third-order valence-electron chi connectivity index (χ3n) is 4.36. The standard InChI is InChI=1S/C20H35NO2/c1-5-11-20(12-6-2,13-7-3)16-22-18-9-8-10-19(14-18)23-17(4)15-21/h8-10,14,17H,5-7,11-13,15-16,21H2,1-4H3. The van der Waals surface area contributed by atoms with E-state index in [9.17, 15) is 0 Å². The molecule has 1 rings (SSSR count). The molecule has 0 amide bonds. The van der Waals surface area contributed by atoms with Crippen molar-refractivity contribution in [2.45, 2.75) is 72.3 Å². The number of rotatable bonds is 12. The van der Waals surface area contributed by atoms with Crippen LogP contribution < -0.4 is 15.2 Å². The molecule has 0 aliphatic carbocycles. The summed E-state index contributed by atoms with van der Waals surface area (Å²) in [6.07, 6.45) is 7.34. The van der Waals surface area contributed by atoms with Crippen LogP contribution in [-0.2, 0) is 0 Å². The summed E-state index contributed by atoms with van der Waals surface area (Å²) in [5, 5.41) is 0. The summed E-state index contributed by atoms with van der Waals surface area (Å²) in [6.45, 7) is 10.1. The van der Waals surface area contributed by atoms with E-state index in [1.807, 2.05) is 31.2 Å². The first-order chi connectivity index (χ1) is 11.1. The molecule has 0 saturated carbocycles. The Labute approximate surface area is 142 Å². The van der Waals surface area contributed by atoms with Gasteiger partial charge in [-0.2, -0.15) is 0 Å². The fourth-order valence-corrected chi connectivity index (χ4v) is 3.34. The lowest BCUT2D eigenvalue weighted by Crippen LogP contribution is -2.28. The van der Waals surface area contributed by atoms with Crippen molar-refractivity contribution in [1.29, 1.82) is 0 Å². The number of hydrogen-bond donors (Lipinski definition) is 1. The van der Waals surface area contributed by atoms with Gasteiger partial charge in [0, 0.05) is 18.0 Å². The Kier molecular flexibility index (Phi) is 9.08. The lowest BCUT2D eigenvalue weighted by atomic mass is 9.76. The van der Waals surface area contributed by atoms with E-state index in [2.05, 4.69) is 20.8 Å². The van der Waals surface area contributed by atoms with Gasteiger partial charge in [-0.05, 0) is 38.3 Å². The average Bonchev–Trinajstić information content (AvgIpc) is 2.54. The fourth-order valence-electron chi connectivity index (χ4n) is 3.34. The van der Waals surface area contributed by atoms with Crippen LogP contribution in [0, 0.1) is 5.41 Å². The molecule has 0 radical (unpaired) electrons.